The topological polar surface area (TPSA) is 339 Å². The van der Waals surface area contributed by atoms with Gasteiger partial charge in [0.25, 0.3) is 0 Å². The van der Waals surface area contributed by atoms with Crippen molar-refractivity contribution in [2.24, 2.45) is 0 Å². The van der Waals surface area contributed by atoms with Crippen LogP contribution in [0.3, 0.4) is 0 Å². The monoisotopic (exact) mass is 532 g/mol. The zero-order chi connectivity index (χ0) is 29.9. The number of carboxylic acid groups (broad SMARTS) is 8. The number of carbonyl (C=O) groups is 8. The first kappa shape index (κ1) is 38.9. The first-order valence-electron chi connectivity index (χ1n) is 9.32. The SMILES string of the molecule is CCC(=O)O.CCC(=O)O.O=C(O)CC(O)(CC(=O)O)C(=O)O.O=C(O)CC(O)(CC(=O)O)C(=O)O. The molecule has 0 amide bonds. The highest BCUT2D eigenvalue weighted by molar-refractivity contribution is 5.88. The van der Waals surface area contributed by atoms with E-state index < -0.39 is 84.6 Å². The first-order chi connectivity index (χ1) is 16.1. The molecule has 0 radical (unpaired) electrons. The number of hydrogen-bond donors (Lipinski definition) is 10. The van der Waals surface area contributed by atoms with Gasteiger partial charge >= 0.3 is 47.8 Å². The summed E-state index contributed by atoms with van der Waals surface area (Å²) in [5.74, 6) is -11.5. The zero-order valence-electron chi connectivity index (χ0n) is 19.0. The lowest BCUT2D eigenvalue weighted by atomic mass is 9.96. The Morgan fingerprint density at radius 3 is 0.611 bits per heavy atom. The van der Waals surface area contributed by atoms with Crippen molar-refractivity contribution in [2.45, 2.75) is 63.6 Å². The van der Waals surface area contributed by atoms with Gasteiger partial charge in [0.05, 0.1) is 25.7 Å². The minimum Gasteiger partial charge on any atom is -0.481 e. The van der Waals surface area contributed by atoms with Gasteiger partial charge in [-0.25, -0.2) is 9.59 Å². The summed E-state index contributed by atoms with van der Waals surface area (Å²) in [6.45, 7) is 3.20. The second-order valence-electron chi connectivity index (χ2n) is 6.45. The van der Waals surface area contributed by atoms with Gasteiger partial charge in [-0.05, 0) is 0 Å². The fourth-order valence-electron chi connectivity index (χ4n) is 1.43. The van der Waals surface area contributed by atoms with Crippen LogP contribution in [0.4, 0.5) is 0 Å². The summed E-state index contributed by atoms with van der Waals surface area (Å²) in [6.07, 6.45) is -4.13. The maximum Gasteiger partial charge on any atom is 0.336 e. The quantitative estimate of drug-likeness (QED) is 0.136. The standard InChI is InChI=1S/2C6H8O7.2C3H6O2/c2*7-3(8)1-6(13,5(11)12)2-4(9)10;2*1-2-3(4)5/h2*13H,1-2H2,(H,7,8)(H,9,10)(H,11,12);2*2H2,1H3,(H,4,5). The van der Waals surface area contributed by atoms with Gasteiger partial charge in [-0.2, -0.15) is 0 Å². The molecular formula is C18H28O18. The van der Waals surface area contributed by atoms with Crippen molar-refractivity contribution >= 4 is 47.8 Å². The van der Waals surface area contributed by atoms with Crippen molar-refractivity contribution in [3.05, 3.63) is 0 Å². The molecule has 0 aliphatic heterocycles. The van der Waals surface area contributed by atoms with Crippen LogP contribution >= 0.6 is 0 Å². The average molecular weight is 532 g/mol. The molecule has 0 fully saturated rings. The molecule has 0 rings (SSSR count). The molecule has 0 bridgehead atoms. The molecule has 0 aromatic rings. The molecule has 0 unspecified atom stereocenters. The van der Waals surface area contributed by atoms with Crippen LogP contribution < -0.4 is 0 Å². The van der Waals surface area contributed by atoms with Crippen LogP contribution in [0, 0.1) is 0 Å². The van der Waals surface area contributed by atoms with E-state index in [4.69, 9.17) is 51.1 Å². The second kappa shape index (κ2) is 19.0. The minimum absolute atomic E-state index is 0.222. The molecule has 0 spiro atoms. The molecule has 0 aromatic carbocycles. The Morgan fingerprint density at radius 1 is 0.417 bits per heavy atom. The highest BCUT2D eigenvalue weighted by Gasteiger charge is 2.41. The van der Waals surface area contributed by atoms with Gasteiger partial charge in [0.2, 0.25) is 0 Å². The molecule has 18 nitrogen and oxygen atoms in total. The van der Waals surface area contributed by atoms with Crippen molar-refractivity contribution in [3.8, 4) is 0 Å². The van der Waals surface area contributed by atoms with Crippen LogP contribution in [-0.4, -0.2) is 110 Å². The predicted octanol–water partition coefficient (Wildman–Crippen LogP) is -1.53. The summed E-state index contributed by atoms with van der Waals surface area (Å²) >= 11 is 0. The normalized spacial score (nSPS) is 9.89. The number of aliphatic carboxylic acids is 8. The number of hydrogen-bond acceptors (Lipinski definition) is 10. The van der Waals surface area contributed by atoms with Gasteiger partial charge in [-0.1, -0.05) is 13.8 Å². The molecule has 0 aromatic heterocycles. The Labute approximate surface area is 201 Å². The van der Waals surface area contributed by atoms with E-state index >= 15 is 0 Å². The van der Waals surface area contributed by atoms with E-state index in [9.17, 15) is 38.4 Å². The fraction of sp³-hybridized carbons (Fsp3) is 0.556. The maximum absolute atomic E-state index is 10.3. The molecule has 0 saturated carbocycles. The molecule has 18 heteroatoms. The van der Waals surface area contributed by atoms with Crippen LogP contribution in [0.25, 0.3) is 0 Å². The summed E-state index contributed by atoms with van der Waals surface area (Å²) in [4.78, 5) is 79.7. The van der Waals surface area contributed by atoms with Gasteiger partial charge in [-0.15, -0.1) is 0 Å². The van der Waals surface area contributed by atoms with Crippen molar-refractivity contribution < 1.29 is 89.4 Å². The lowest BCUT2D eigenvalue weighted by molar-refractivity contribution is -0.170. The van der Waals surface area contributed by atoms with E-state index in [-0.39, 0.29) is 12.8 Å². The second-order valence-corrected chi connectivity index (χ2v) is 6.45. The van der Waals surface area contributed by atoms with Crippen LogP contribution in [0.5, 0.6) is 0 Å². The summed E-state index contributed by atoms with van der Waals surface area (Å²) < 4.78 is 0. The molecule has 0 atom stereocenters. The van der Waals surface area contributed by atoms with Crippen LogP contribution in [0.2, 0.25) is 0 Å². The summed E-state index contributed by atoms with van der Waals surface area (Å²) in [7, 11) is 0. The van der Waals surface area contributed by atoms with Crippen LogP contribution in [-0.2, 0) is 38.4 Å². The molecule has 0 aliphatic rings. The molecule has 0 heterocycles. The molecule has 10 N–H and O–H groups in total. The Balaban J connectivity index is -0.000000208. The Hall–Kier alpha value is -4.32. The van der Waals surface area contributed by atoms with E-state index in [1.165, 1.54) is 0 Å². The third-order valence-electron chi connectivity index (χ3n) is 3.18. The third-order valence-corrected chi connectivity index (χ3v) is 3.18. The van der Waals surface area contributed by atoms with E-state index in [0.717, 1.165) is 0 Å². The zero-order valence-corrected chi connectivity index (χ0v) is 19.0. The fourth-order valence-corrected chi connectivity index (χ4v) is 1.43. The summed E-state index contributed by atoms with van der Waals surface area (Å²) in [5.41, 5.74) is -5.48. The highest BCUT2D eigenvalue weighted by Crippen LogP contribution is 2.16. The van der Waals surface area contributed by atoms with Gasteiger partial charge in [-0.3, -0.25) is 28.8 Å². The van der Waals surface area contributed by atoms with Crippen LogP contribution in [0.15, 0.2) is 0 Å². The molecule has 0 aliphatic carbocycles. The van der Waals surface area contributed by atoms with Gasteiger partial charge < -0.3 is 51.1 Å². The number of rotatable bonds is 12. The number of carboxylic acids is 8. The van der Waals surface area contributed by atoms with E-state index in [2.05, 4.69) is 0 Å². The van der Waals surface area contributed by atoms with E-state index in [1.807, 2.05) is 0 Å². The largest absolute Gasteiger partial charge is 0.481 e. The van der Waals surface area contributed by atoms with E-state index in [0.29, 0.717) is 0 Å². The van der Waals surface area contributed by atoms with Crippen molar-refractivity contribution in [1.82, 2.24) is 0 Å². The first-order valence-corrected chi connectivity index (χ1v) is 9.32. The van der Waals surface area contributed by atoms with Crippen molar-refractivity contribution in [1.29, 1.82) is 0 Å². The van der Waals surface area contributed by atoms with Gasteiger partial charge in [0.15, 0.2) is 11.2 Å². The highest BCUT2D eigenvalue weighted by atomic mass is 16.4. The van der Waals surface area contributed by atoms with E-state index in [1.54, 1.807) is 13.8 Å². The Bertz CT molecular complexity index is 700. The minimum atomic E-state index is -2.74. The predicted molar refractivity (Wildman–Crippen MR) is 110 cm³/mol. The maximum atomic E-state index is 10.3. The lowest BCUT2D eigenvalue weighted by Gasteiger charge is -2.18. The summed E-state index contributed by atoms with van der Waals surface area (Å²) in [5, 5.41) is 83.1. The Morgan fingerprint density at radius 2 is 0.556 bits per heavy atom. The number of aliphatic hydroxyl groups is 2. The third kappa shape index (κ3) is 24.3. The van der Waals surface area contributed by atoms with Gasteiger partial charge in [0, 0.05) is 12.8 Å². The van der Waals surface area contributed by atoms with Crippen LogP contribution in [0.1, 0.15) is 52.4 Å². The molecular weight excluding hydrogens is 504 g/mol. The smallest absolute Gasteiger partial charge is 0.336 e. The molecule has 0 saturated heterocycles. The van der Waals surface area contributed by atoms with Crippen molar-refractivity contribution in [2.75, 3.05) is 0 Å². The van der Waals surface area contributed by atoms with Gasteiger partial charge in [0.1, 0.15) is 0 Å². The molecule has 208 valence electrons. The Kier molecular flexibility index (Phi) is 20.6. The lowest BCUT2D eigenvalue weighted by Crippen LogP contribution is -2.42. The average Bonchev–Trinajstić information content (AvgIpc) is 2.66. The molecule has 36 heavy (non-hydrogen) atoms. The van der Waals surface area contributed by atoms with Crippen molar-refractivity contribution in [3.63, 3.8) is 0 Å². The summed E-state index contributed by atoms with van der Waals surface area (Å²) in [6, 6.07) is 0.